The minimum atomic E-state index is -2.92. The van der Waals surface area contributed by atoms with Gasteiger partial charge < -0.3 is 9.47 Å². The first kappa shape index (κ1) is 20.7. The van der Waals surface area contributed by atoms with Crippen LogP contribution in [0.25, 0.3) is 23.0 Å². The highest BCUT2D eigenvalue weighted by atomic mass is 19.3. The van der Waals surface area contributed by atoms with Crippen LogP contribution in [-0.4, -0.2) is 29.0 Å². The maximum atomic E-state index is 12.4. The molecule has 0 aliphatic carbocycles. The van der Waals surface area contributed by atoms with Crippen LogP contribution in [0, 0.1) is 11.3 Å². The molecule has 6 nitrogen and oxygen atoms in total. The molecule has 0 unspecified atom stereocenters. The van der Waals surface area contributed by atoms with Gasteiger partial charge in [0.15, 0.2) is 0 Å². The van der Waals surface area contributed by atoms with Crippen LogP contribution in [0.5, 0.6) is 5.75 Å². The maximum Gasteiger partial charge on any atom is 0.387 e. The lowest BCUT2D eigenvalue weighted by Crippen LogP contribution is -2.06. The maximum absolute atomic E-state index is 12.4. The third-order valence-electron chi connectivity index (χ3n) is 4.03. The van der Waals surface area contributed by atoms with E-state index in [1.54, 1.807) is 29.9 Å². The predicted octanol–water partition coefficient (Wildman–Crippen LogP) is 4.61. The first-order chi connectivity index (χ1) is 14.5. The zero-order valence-corrected chi connectivity index (χ0v) is 16.0. The molecular weight excluding hydrogens is 392 g/mol. The molecule has 8 heteroatoms. The molecule has 0 bridgehead atoms. The number of para-hydroxylation sites is 1. The van der Waals surface area contributed by atoms with Gasteiger partial charge in [-0.25, -0.2) is 9.48 Å². The summed E-state index contributed by atoms with van der Waals surface area (Å²) in [4.78, 5) is 12.0. The number of nitriles is 1. The zero-order chi connectivity index (χ0) is 21.5. The average molecular weight is 409 g/mol. The van der Waals surface area contributed by atoms with E-state index in [-0.39, 0.29) is 17.9 Å². The van der Waals surface area contributed by atoms with Crippen molar-refractivity contribution in [2.45, 2.75) is 13.5 Å². The number of carbonyl (C=O) groups is 1. The second kappa shape index (κ2) is 9.47. The monoisotopic (exact) mass is 409 g/mol. The summed E-state index contributed by atoms with van der Waals surface area (Å²) in [7, 11) is 0. The molecule has 0 saturated heterocycles. The predicted molar refractivity (Wildman–Crippen MR) is 106 cm³/mol. The number of benzene rings is 2. The fraction of sp³-hybridized carbons (Fsp3) is 0.136. The molecule has 152 valence electrons. The summed E-state index contributed by atoms with van der Waals surface area (Å²) in [6.07, 6.45) is 3.06. The van der Waals surface area contributed by atoms with E-state index in [2.05, 4.69) is 9.84 Å². The molecular formula is C22H17F2N3O3. The molecule has 30 heavy (non-hydrogen) atoms. The van der Waals surface area contributed by atoms with Gasteiger partial charge in [0.2, 0.25) is 0 Å². The van der Waals surface area contributed by atoms with Crippen molar-refractivity contribution in [1.82, 2.24) is 9.78 Å². The average Bonchev–Trinajstić information content (AvgIpc) is 3.17. The summed E-state index contributed by atoms with van der Waals surface area (Å²) in [6, 6.07) is 17.0. The number of rotatable bonds is 7. The Morgan fingerprint density at radius 3 is 2.50 bits per heavy atom. The van der Waals surface area contributed by atoms with Gasteiger partial charge >= 0.3 is 12.6 Å². The lowest BCUT2D eigenvalue weighted by atomic mass is 10.1. The first-order valence-corrected chi connectivity index (χ1v) is 9.01. The van der Waals surface area contributed by atoms with Crippen LogP contribution in [0.15, 0.2) is 66.4 Å². The normalized spacial score (nSPS) is 11.2. The molecule has 0 radical (unpaired) electrons. The number of hydrogen-bond acceptors (Lipinski definition) is 5. The summed E-state index contributed by atoms with van der Waals surface area (Å²) in [6.45, 7) is -1.14. The zero-order valence-electron chi connectivity index (χ0n) is 16.0. The van der Waals surface area contributed by atoms with Crippen molar-refractivity contribution < 1.29 is 23.0 Å². The van der Waals surface area contributed by atoms with E-state index in [1.165, 1.54) is 18.2 Å². The molecule has 0 N–H and O–H groups in total. The summed E-state index contributed by atoms with van der Waals surface area (Å²) >= 11 is 0. The van der Waals surface area contributed by atoms with Gasteiger partial charge in [-0.2, -0.15) is 19.1 Å². The Hall–Kier alpha value is -3.99. The number of alkyl halides is 2. The lowest BCUT2D eigenvalue weighted by Gasteiger charge is -2.05. The van der Waals surface area contributed by atoms with Gasteiger partial charge in [-0.15, -0.1) is 0 Å². The minimum absolute atomic E-state index is 0.0116. The SMILES string of the molecule is CCOC(=O)/C(C#N)=C/c1cn(-c2ccccc2)nc1-c1ccc(OC(F)F)cc1. The minimum Gasteiger partial charge on any atom is -0.462 e. The van der Waals surface area contributed by atoms with Crippen LogP contribution in [0.3, 0.4) is 0 Å². The van der Waals surface area contributed by atoms with Crippen LogP contribution in [0.4, 0.5) is 8.78 Å². The number of esters is 1. The molecule has 0 saturated carbocycles. The number of aromatic nitrogens is 2. The van der Waals surface area contributed by atoms with Crippen molar-refractivity contribution in [1.29, 1.82) is 5.26 Å². The number of carbonyl (C=O) groups excluding carboxylic acids is 1. The van der Waals surface area contributed by atoms with E-state index in [4.69, 9.17) is 4.74 Å². The molecule has 0 aliphatic rings. The highest BCUT2D eigenvalue weighted by Gasteiger charge is 2.16. The van der Waals surface area contributed by atoms with Crippen LogP contribution in [0.1, 0.15) is 12.5 Å². The Bertz CT molecular complexity index is 1090. The van der Waals surface area contributed by atoms with E-state index in [1.807, 2.05) is 36.4 Å². The highest BCUT2D eigenvalue weighted by molar-refractivity contribution is 5.98. The molecule has 0 atom stereocenters. The van der Waals surface area contributed by atoms with Gasteiger partial charge in [0.1, 0.15) is 17.4 Å². The Morgan fingerprint density at radius 2 is 1.90 bits per heavy atom. The molecule has 0 aliphatic heterocycles. The highest BCUT2D eigenvalue weighted by Crippen LogP contribution is 2.28. The summed E-state index contributed by atoms with van der Waals surface area (Å²) in [5, 5.41) is 13.9. The van der Waals surface area contributed by atoms with E-state index >= 15 is 0 Å². The standard InChI is InChI=1S/C22H17F2N3O3/c1-2-29-21(28)16(13-25)12-17-14-27(18-6-4-3-5-7-18)26-20(17)15-8-10-19(11-9-15)30-22(23)24/h3-12,14,22H,2H2,1H3/b16-12+. The Labute approximate surface area is 171 Å². The topological polar surface area (TPSA) is 77.1 Å². The quantitative estimate of drug-likeness (QED) is 0.324. The van der Waals surface area contributed by atoms with Crippen LogP contribution in [0.2, 0.25) is 0 Å². The van der Waals surface area contributed by atoms with E-state index in [0.717, 1.165) is 5.69 Å². The van der Waals surface area contributed by atoms with Crippen molar-refractivity contribution in [3.8, 4) is 28.8 Å². The van der Waals surface area contributed by atoms with Gasteiger partial charge in [0.25, 0.3) is 0 Å². The molecule has 0 fully saturated rings. The fourth-order valence-electron chi connectivity index (χ4n) is 2.73. The first-order valence-electron chi connectivity index (χ1n) is 9.01. The third-order valence-corrected chi connectivity index (χ3v) is 4.03. The molecule has 2 aromatic carbocycles. The van der Waals surface area contributed by atoms with Crippen LogP contribution < -0.4 is 4.74 Å². The molecule has 3 aromatic rings. The Kier molecular flexibility index (Phi) is 6.55. The Morgan fingerprint density at radius 1 is 1.20 bits per heavy atom. The molecule has 0 amide bonds. The number of hydrogen-bond donors (Lipinski definition) is 0. The fourth-order valence-corrected chi connectivity index (χ4v) is 2.73. The van der Waals surface area contributed by atoms with Crippen molar-refractivity contribution in [3.05, 3.63) is 71.9 Å². The number of halogens is 2. The van der Waals surface area contributed by atoms with E-state index in [9.17, 15) is 18.8 Å². The van der Waals surface area contributed by atoms with Crippen molar-refractivity contribution >= 4 is 12.0 Å². The summed E-state index contributed by atoms with van der Waals surface area (Å²) < 4.78 is 35.7. The van der Waals surface area contributed by atoms with E-state index in [0.29, 0.717) is 16.8 Å². The molecule has 3 rings (SSSR count). The van der Waals surface area contributed by atoms with Crippen molar-refractivity contribution in [3.63, 3.8) is 0 Å². The van der Waals surface area contributed by atoms with Gasteiger partial charge in [0.05, 0.1) is 18.0 Å². The second-order valence-electron chi connectivity index (χ2n) is 6.01. The van der Waals surface area contributed by atoms with Gasteiger partial charge in [-0.05, 0) is 49.4 Å². The van der Waals surface area contributed by atoms with Gasteiger partial charge in [-0.1, -0.05) is 18.2 Å². The second-order valence-corrected chi connectivity index (χ2v) is 6.01. The van der Waals surface area contributed by atoms with Crippen LogP contribution >= 0.6 is 0 Å². The smallest absolute Gasteiger partial charge is 0.387 e. The van der Waals surface area contributed by atoms with Crippen molar-refractivity contribution in [2.24, 2.45) is 0 Å². The lowest BCUT2D eigenvalue weighted by molar-refractivity contribution is -0.137. The largest absolute Gasteiger partial charge is 0.462 e. The van der Waals surface area contributed by atoms with Crippen LogP contribution in [-0.2, 0) is 9.53 Å². The molecule has 1 heterocycles. The van der Waals surface area contributed by atoms with Gasteiger partial charge in [0, 0.05) is 17.3 Å². The third kappa shape index (κ3) is 4.89. The number of nitrogens with zero attached hydrogens (tertiary/aromatic N) is 3. The summed E-state index contributed by atoms with van der Waals surface area (Å²) in [5.74, 6) is -0.725. The molecule has 0 spiro atoms. The Balaban J connectivity index is 2.07. The summed E-state index contributed by atoms with van der Waals surface area (Å²) in [5.41, 5.74) is 2.14. The van der Waals surface area contributed by atoms with E-state index < -0.39 is 12.6 Å². The molecule has 1 aromatic heterocycles. The van der Waals surface area contributed by atoms with Crippen molar-refractivity contribution in [2.75, 3.05) is 6.61 Å². The number of ether oxygens (including phenoxy) is 2. The van der Waals surface area contributed by atoms with Gasteiger partial charge in [-0.3, -0.25) is 0 Å².